The molecule has 0 aliphatic carbocycles. The first-order valence-electron chi connectivity index (χ1n) is 8.10. The smallest absolute Gasteiger partial charge is 0.276 e. The van der Waals surface area contributed by atoms with E-state index in [0.717, 1.165) is 11.5 Å². The first kappa shape index (κ1) is 21.0. The highest BCUT2D eigenvalue weighted by molar-refractivity contribution is 7.03. The number of amides is 2. The van der Waals surface area contributed by atoms with Crippen molar-refractivity contribution in [3.8, 4) is 0 Å². The molecule has 6 nitrogen and oxygen atoms in total. The SMILES string of the molecule is C=CCN(C(=O)c1csnn1)[C@@H](C(=O)NC(C)(C)C)c1c(F)cccc1Cl. The minimum atomic E-state index is -1.30. The first-order valence-corrected chi connectivity index (χ1v) is 9.32. The number of rotatable bonds is 6. The summed E-state index contributed by atoms with van der Waals surface area (Å²) in [6.07, 6.45) is 1.45. The van der Waals surface area contributed by atoms with Crippen LogP contribution in [0.3, 0.4) is 0 Å². The standard InChI is InChI=1S/C18H20ClFN4O2S/c1-5-9-24(17(26)13-10-27-23-22-13)15(16(25)21-18(2,3)4)14-11(19)7-6-8-12(14)20/h5-8,10,15H,1,9H2,2-4H3,(H,21,25)/t15-/m1/s1. The Morgan fingerprint density at radius 2 is 2.15 bits per heavy atom. The quantitative estimate of drug-likeness (QED) is 0.738. The molecule has 0 aliphatic rings. The van der Waals surface area contributed by atoms with Crippen molar-refractivity contribution in [1.29, 1.82) is 0 Å². The van der Waals surface area contributed by atoms with E-state index < -0.39 is 29.2 Å². The largest absolute Gasteiger partial charge is 0.349 e. The molecule has 1 aromatic heterocycles. The number of carbonyl (C=O) groups is 2. The monoisotopic (exact) mass is 410 g/mol. The van der Waals surface area contributed by atoms with Crippen LogP contribution in [0.5, 0.6) is 0 Å². The van der Waals surface area contributed by atoms with Crippen molar-refractivity contribution in [1.82, 2.24) is 19.8 Å². The molecule has 0 saturated heterocycles. The highest BCUT2D eigenvalue weighted by Gasteiger charge is 2.36. The number of benzene rings is 1. The van der Waals surface area contributed by atoms with Gasteiger partial charge in [-0.05, 0) is 44.4 Å². The fraction of sp³-hybridized carbons (Fsp3) is 0.333. The van der Waals surface area contributed by atoms with Crippen molar-refractivity contribution in [2.45, 2.75) is 32.4 Å². The van der Waals surface area contributed by atoms with Crippen LogP contribution in [0.25, 0.3) is 0 Å². The van der Waals surface area contributed by atoms with Gasteiger partial charge in [0, 0.05) is 28.0 Å². The Morgan fingerprint density at radius 1 is 1.44 bits per heavy atom. The van der Waals surface area contributed by atoms with Crippen LogP contribution in [0.1, 0.15) is 42.9 Å². The number of hydrogen-bond acceptors (Lipinski definition) is 5. The highest BCUT2D eigenvalue weighted by atomic mass is 35.5. The molecule has 1 N–H and O–H groups in total. The lowest BCUT2D eigenvalue weighted by Gasteiger charge is -2.33. The fourth-order valence-corrected chi connectivity index (χ4v) is 3.18. The van der Waals surface area contributed by atoms with Gasteiger partial charge in [-0.25, -0.2) is 4.39 Å². The van der Waals surface area contributed by atoms with Gasteiger partial charge in [0.15, 0.2) is 5.69 Å². The maximum atomic E-state index is 14.6. The summed E-state index contributed by atoms with van der Waals surface area (Å²) >= 11 is 7.20. The lowest BCUT2D eigenvalue weighted by atomic mass is 10.0. The number of carbonyl (C=O) groups excluding carboxylic acids is 2. The third kappa shape index (κ3) is 5.11. The molecule has 144 valence electrons. The van der Waals surface area contributed by atoms with Crippen molar-refractivity contribution in [2.75, 3.05) is 6.54 Å². The second-order valence-electron chi connectivity index (χ2n) is 6.81. The van der Waals surface area contributed by atoms with Gasteiger partial charge in [0.25, 0.3) is 5.91 Å². The zero-order valence-corrected chi connectivity index (χ0v) is 16.8. The molecule has 2 aromatic rings. The molecule has 0 spiro atoms. The van der Waals surface area contributed by atoms with Crippen LogP contribution in [0.15, 0.2) is 36.2 Å². The summed E-state index contributed by atoms with van der Waals surface area (Å²) in [6.45, 7) is 8.98. The summed E-state index contributed by atoms with van der Waals surface area (Å²) in [4.78, 5) is 27.2. The third-order valence-corrected chi connectivity index (χ3v) is 4.33. The highest BCUT2D eigenvalue weighted by Crippen LogP contribution is 2.32. The van der Waals surface area contributed by atoms with E-state index in [9.17, 15) is 14.0 Å². The van der Waals surface area contributed by atoms with Crippen LogP contribution in [-0.4, -0.2) is 38.4 Å². The second kappa shape index (κ2) is 8.58. The summed E-state index contributed by atoms with van der Waals surface area (Å²) in [5.41, 5.74) is -0.625. The van der Waals surface area contributed by atoms with Crippen LogP contribution in [-0.2, 0) is 4.79 Å². The van der Waals surface area contributed by atoms with E-state index in [4.69, 9.17) is 11.6 Å². The average molecular weight is 411 g/mol. The maximum Gasteiger partial charge on any atom is 0.276 e. The molecular formula is C18H20ClFN4O2S. The van der Waals surface area contributed by atoms with Crippen molar-refractivity contribution < 1.29 is 14.0 Å². The van der Waals surface area contributed by atoms with Crippen molar-refractivity contribution >= 4 is 34.9 Å². The van der Waals surface area contributed by atoms with Gasteiger partial charge in [-0.1, -0.05) is 28.2 Å². The van der Waals surface area contributed by atoms with E-state index in [-0.39, 0.29) is 22.8 Å². The van der Waals surface area contributed by atoms with E-state index in [1.54, 1.807) is 20.8 Å². The van der Waals surface area contributed by atoms with E-state index in [0.29, 0.717) is 0 Å². The van der Waals surface area contributed by atoms with Crippen LogP contribution in [0.4, 0.5) is 4.39 Å². The van der Waals surface area contributed by atoms with Gasteiger partial charge in [-0.2, -0.15) is 0 Å². The Kier molecular flexibility index (Phi) is 6.67. The molecule has 0 radical (unpaired) electrons. The summed E-state index contributed by atoms with van der Waals surface area (Å²) in [6, 6.07) is 2.80. The van der Waals surface area contributed by atoms with E-state index in [1.807, 2.05) is 0 Å². The van der Waals surface area contributed by atoms with Gasteiger partial charge in [0.2, 0.25) is 5.91 Å². The lowest BCUT2D eigenvalue weighted by Crippen LogP contribution is -2.49. The lowest BCUT2D eigenvalue weighted by molar-refractivity contribution is -0.127. The zero-order chi connectivity index (χ0) is 20.2. The molecule has 1 heterocycles. The third-order valence-electron chi connectivity index (χ3n) is 3.50. The molecule has 1 aromatic carbocycles. The predicted octanol–water partition coefficient (Wildman–Crippen LogP) is 3.61. The van der Waals surface area contributed by atoms with Crippen LogP contribution in [0, 0.1) is 5.82 Å². The molecule has 27 heavy (non-hydrogen) atoms. The Hall–Kier alpha value is -2.32. The molecule has 1 atom stereocenters. The normalized spacial score (nSPS) is 12.3. The zero-order valence-electron chi connectivity index (χ0n) is 15.2. The van der Waals surface area contributed by atoms with Crippen molar-refractivity contribution in [2.24, 2.45) is 0 Å². The Morgan fingerprint density at radius 3 is 2.67 bits per heavy atom. The molecule has 2 rings (SSSR count). The van der Waals surface area contributed by atoms with Crippen molar-refractivity contribution in [3.05, 3.63) is 58.3 Å². The molecule has 0 bridgehead atoms. The molecular weight excluding hydrogens is 391 g/mol. The Balaban J connectivity index is 2.59. The summed E-state index contributed by atoms with van der Waals surface area (Å²) < 4.78 is 18.3. The number of hydrogen-bond donors (Lipinski definition) is 1. The minimum absolute atomic E-state index is 0.0107. The van der Waals surface area contributed by atoms with Gasteiger partial charge in [0.1, 0.15) is 11.9 Å². The summed E-state index contributed by atoms with van der Waals surface area (Å²) in [5, 5.41) is 8.05. The van der Waals surface area contributed by atoms with Gasteiger partial charge in [-0.3, -0.25) is 9.59 Å². The van der Waals surface area contributed by atoms with Gasteiger partial charge in [-0.15, -0.1) is 11.7 Å². The molecule has 0 saturated carbocycles. The number of nitrogens with zero attached hydrogens (tertiary/aromatic N) is 3. The molecule has 0 unspecified atom stereocenters. The van der Waals surface area contributed by atoms with Crippen molar-refractivity contribution in [3.63, 3.8) is 0 Å². The number of nitrogens with one attached hydrogen (secondary N) is 1. The molecule has 0 aliphatic heterocycles. The van der Waals surface area contributed by atoms with Crippen LogP contribution < -0.4 is 5.32 Å². The van der Waals surface area contributed by atoms with Gasteiger partial charge < -0.3 is 10.2 Å². The Labute approximate surface area is 166 Å². The number of halogens is 2. The minimum Gasteiger partial charge on any atom is -0.349 e. The maximum absolute atomic E-state index is 14.6. The van der Waals surface area contributed by atoms with Gasteiger partial charge in [0.05, 0.1) is 0 Å². The van der Waals surface area contributed by atoms with Crippen LogP contribution in [0.2, 0.25) is 5.02 Å². The topological polar surface area (TPSA) is 75.2 Å². The predicted molar refractivity (Wildman–Crippen MR) is 103 cm³/mol. The summed E-state index contributed by atoms with van der Waals surface area (Å²) in [7, 11) is 0. The van der Waals surface area contributed by atoms with Gasteiger partial charge >= 0.3 is 0 Å². The van der Waals surface area contributed by atoms with E-state index in [1.165, 1.54) is 34.6 Å². The molecule has 9 heteroatoms. The first-order chi connectivity index (χ1) is 12.7. The van der Waals surface area contributed by atoms with Crippen LogP contribution >= 0.6 is 23.1 Å². The molecule has 0 fully saturated rings. The number of aromatic nitrogens is 2. The van der Waals surface area contributed by atoms with E-state index >= 15 is 0 Å². The molecule has 2 amide bonds. The Bertz CT molecular complexity index is 816. The second-order valence-corrected chi connectivity index (χ2v) is 7.83. The van der Waals surface area contributed by atoms with E-state index in [2.05, 4.69) is 21.5 Å². The average Bonchev–Trinajstić information content (AvgIpc) is 3.09. The summed E-state index contributed by atoms with van der Waals surface area (Å²) in [5.74, 6) is -1.82. The fourth-order valence-electron chi connectivity index (χ4n) is 2.49.